The molecule has 1 heterocycles. The molecule has 0 fully saturated rings. The second-order valence-corrected chi connectivity index (χ2v) is 6.15. The number of halogens is 2. The van der Waals surface area contributed by atoms with Gasteiger partial charge in [-0.2, -0.15) is 0 Å². The van der Waals surface area contributed by atoms with Gasteiger partial charge in [-0.25, -0.2) is 8.78 Å². The van der Waals surface area contributed by atoms with Crippen LogP contribution in [0.25, 0.3) is 0 Å². The van der Waals surface area contributed by atoms with Crippen molar-refractivity contribution in [1.29, 1.82) is 0 Å². The lowest BCUT2D eigenvalue weighted by Gasteiger charge is -2.35. The fourth-order valence-electron chi connectivity index (χ4n) is 3.04. The summed E-state index contributed by atoms with van der Waals surface area (Å²) in [5.41, 5.74) is 2.02. The molecule has 4 nitrogen and oxygen atoms in total. The van der Waals surface area contributed by atoms with E-state index >= 15 is 0 Å². The van der Waals surface area contributed by atoms with Crippen molar-refractivity contribution in [1.82, 2.24) is 10.2 Å². The summed E-state index contributed by atoms with van der Waals surface area (Å²) in [5, 5.41) is 2.41. The Kier molecular flexibility index (Phi) is 4.79. The van der Waals surface area contributed by atoms with Crippen molar-refractivity contribution >= 4 is 11.8 Å². The van der Waals surface area contributed by atoms with E-state index in [0.717, 1.165) is 24.1 Å². The third-order valence-electron chi connectivity index (χ3n) is 4.40. The van der Waals surface area contributed by atoms with Crippen LogP contribution in [-0.2, 0) is 17.8 Å². The van der Waals surface area contributed by atoms with Gasteiger partial charge in [-0.05, 0) is 36.6 Å². The molecule has 130 valence electrons. The zero-order chi connectivity index (χ0) is 18.0. The number of carbonyl (C=O) groups excluding carboxylic acids is 2. The first-order chi connectivity index (χ1) is 12.0. The van der Waals surface area contributed by atoms with E-state index in [1.807, 2.05) is 31.2 Å². The zero-order valence-electron chi connectivity index (χ0n) is 13.8. The van der Waals surface area contributed by atoms with Crippen molar-refractivity contribution in [3.05, 3.63) is 70.8 Å². The molecule has 1 N–H and O–H groups in total. The van der Waals surface area contributed by atoms with Gasteiger partial charge >= 0.3 is 0 Å². The predicted molar refractivity (Wildman–Crippen MR) is 88.8 cm³/mol. The van der Waals surface area contributed by atoms with Crippen LogP contribution in [0.3, 0.4) is 0 Å². The second kappa shape index (κ2) is 7.01. The molecule has 0 aliphatic carbocycles. The van der Waals surface area contributed by atoms with Gasteiger partial charge in [-0.15, -0.1) is 0 Å². The van der Waals surface area contributed by atoms with Crippen molar-refractivity contribution in [2.24, 2.45) is 0 Å². The Balaban J connectivity index is 1.64. The lowest BCUT2D eigenvalue weighted by molar-refractivity contribution is -0.133. The van der Waals surface area contributed by atoms with Crippen LogP contribution < -0.4 is 5.32 Å². The highest BCUT2D eigenvalue weighted by Gasteiger charge is 2.26. The summed E-state index contributed by atoms with van der Waals surface area (Å²) in [6.45, 7) is 2.20. The highest BCUT2D eigenvalue weighted by atomic mass is 19.1. The van der Waals surface area contributed by atoms with Gasteiger partial charge in [0.2, 0.25) is 5.91 Å². The number of hydrogen-bond acceptors (Lipinski definition) is 2. The minimum absolute atomic E-state index is 0.0156. The highest BCUT2D eigenvalue weighted by molar-refractivity contribution is 5.96. The maximum absolute atomic E-state index is 13.6. The Labute approximate surface area is 144 Å². The minimum atomic E-state index is -0.954. The quantitative estimate of drug-likeness (QED) is 0.931. The number of fused-ring (bicyclic) bond motifs is 1. The number of nitrogens with one attached hydrogen (secondary N) is 1. The van der Waals surface area contributed by atoms with E-state index in [4.69, 9.17) is 0 Å². The number of hydrogen-bond donors (Lipinski definition) is 1. The van der Waals surface area contributed by atoms with E-state index in [1.54, 1.807) is 4.90 Å². The van der Waals surface area contributed by atoms with Gasteiger partial charge in [-0.3, -0.25) is 9.59 Å². The van der Waals surface area contributed by atoms with Gasteiger partial charge in [0.15, 0.2) is 0 Å². The molecule has 0 aromatic heterocycles. The monoisotopic (exact) mass is 344 g/mol. The Bertz CT molecular complexity index is 823. The largest absolute Gasteiger partial charge is 0.343 e. The molecule has 2 amide bonds. The first-order valence-corrected chi connectivity index (χ1v) is 8.05. The third kappa shape index (κ3) is 3.68. The molecule has 25 heavy (non-hydrogen) atoms. The van der Waals surface area contributed by atoms with Crippen molar-refractivity contribution < 1.29 is 18.4 Å². The molecule has 1 unspecified atom stereocenters. The van der Waals surface area contributed by atoms with E-state index in [9.17, 15) is 18.4 Å². The summed E-state index contributed by atoms with van der Waals surface area (Å²) >= 11 is 0. The Morgan fingerprint density at radius 1 is 1.16 bits per heavy atom. The second-order valence-electron chi connectivity index (χ2n) is 6.15. The maximum Gasteiger partial charge on any atom is 0.254 e. The number of benzene rings is 2. The summed E-state index contributed by atoms with van der Waals surface area (Å²) in [7, 11) is 0. The van der Waals surface area contributed by atoms with Gasteiger partial charge in [0.25, 0.3) is 5.91 Å². The number of amides is 2. The van der Waals surface area contributed by atoms with Crippen LogP contribution in [0.4, 0.5) is 8.78 Å². The van der Waals surface area contributed by atoms with E-state index in [0.29, 0.717) is 12.6 Å². The van der Waals surface area contributed by atoms with Crippen molar-refractivity contribution in [3.63, 3.8) is 0 Å². The van der Waals surface area contributed by atoms with E-state index < -0.39 is 17.5 Å². The maximum atomic E-state index is 13.6. The van der Waals surface area contributed by atoms with Crippen molar-refractivity contribution in [2.45, 2.75) is 25.9 Å². The van der Waals surface area contributed by atoms with Crippen LogP contribution in [0.1, 0.15) is 28.4 Å². The molecule has 1 aliphatic heterocycles. The Morgan fingerprint density at radius 3 is 2.60 bits per heavy atom. The summed E-state index contributed by atoms with van der Waals surface area (Å²) < 4.78 is 26.5. The molecule has 1 aliphatic rings. The SMILES string of the molecule is CC1Cc2ccccc2CN1C(=O)CNC(=O)c1ccc(F)cc1F. The van der Waals surface area contributed by atoms with Crippen LogP contribution in [-0.4, -0.2) is 29.3 Å². The molecule has 1 atom stereocenters. The van der Waals surface area contributed by atoms with Crippen molar-refractivity contribution in [3.8, 4) is 0 Å². The van der Waals surface area contributed by atoms with Gasteiger partial charge in [-0.1, -0.05) is 24.3 Å². The number of carbonyl (C=O) groups is 2. The molecular weight excluding hydrogens is 326 g/mol. The molecule has 2 aromatic rings. The molecular formula is C19H18F2N2O2. The molecule has 0 radical (unpaired) electrons. The zero-order valence-corrected chi connectivity index (χ0v) is 13.8. The summed E-state index contributed by atoms with van der Waals surface area (Å²) in [6, 6.07) is 10.6. The fraction of sp³-hybridized carbons (Fsp3) is 0.263. The predicted octanol–water partition coefficient (Wildman–Crippen LogP) is 2.67. The average Bonchev–Trinajstić information content (AvgIpc) is 2.58. The molecule has 3 rings (SSSR count). The average molecular weight is 344 g/mol. The molecule has 0 spiro atoms. The Hall–Kier alpha value is -2.76. The van der Waals surface area contributed by atoms with Crippen LogP contribution in [0.2, 0.25) is 0 Å². The standard InChI is InChI=1S/C19H18F2N2O2/c1-12-8-13-4-2-3-5-14(13)11-23(12)18(24)10-22-19(25)16-7-6-15(20)9-17(16)21/h2-7,9,12H,8,10-11H2,1H3,(H,22,25). The Morgan fingerprint density at radius 2 is 1.88 bits per heavy atom. The molecule has 2 aromatic carbocycles. The lowest BCUT2D eigenvalue weighted by Crippen LogP contribution is -2.47. The van der Waals surface area contributed by atoms with Gasteiger partial charge < -0.3 is 10.2 Å². The van der Waals surface area contributed by atoms with E-state index in [-0.39, 0.29) is 24.1 Å². The normalized spacial score (nSPS) is 16.3. The van der Waals surface area contributed by atoms with Crippen molar-refractivity contribution in [2.75, 3.05) is 6.54 Å². The highest BCUT2D eigenvalue weighted by Crippen LogP contribution is 2.22. The minimum Gasteiger partial charge on any atom is -0.343 e. The fourth-order valence-corrected chi connectivity index (χ4v) is 3.04. The third-order valence-corrected chi connectivity index (χ3v) is 4.40. The molecule has 0 bridgehead atoms. The van der Waals surface area contributed by atoms with Crippen LogP contribution in [0, 0.1) is 11.6 Å². The van der Waals surface area contributed by atoms with Crippen LogP contribution in [0.15, 0.2) is 42.5 Å². The first-order valence-electron chi connectivity index (χ1n) is 8.05. The molecule has 0 saturated heterocycles. The number of nitrogens with zero attached hydrogens (tertiary/aromatic N) is 1. The number of rotatable bonds is 3. The summed E-state index contributed by atoms with van der Waals surface area (Å²) in [4.78, 5) is 26.1. The summed E-state index contributed by atoms with van der Waals surface area (Å²) in [6.07, 6.45) is 0.752. The lowest BCUT2D eigenvalue weighted by atomic mass is 9.95. The van der Waals surface area contributed by atoms with Crippen LogP contribution in [0.5, 0.6) is 0 Å². The van der Waals surface area contributed by atoms with Gasteiger partial charge in [0, 0.05) is 18.7 Å². The van der Waals surface area contributed by atoms with Gasteiger partial charge in [0.05, 0.1) is 12.1 Å². The topological polar surface area (TPSA) is 49.4 Å². The van der Waals surface area contributed by atoms with Gasteiger partial charge in [0.1, 0.15) is 11.6 Å². The smallest absolute Gasteiger partial charge is 0.254 e. The molecule has 0 saturated carbocycles. The summed E-state index contributed by atoms with van der Waals surface area (Å²) in [5.74, 6) is -2.69. The van der Waals surface area contributed by atoms with E-state index in [1.165, 1.54) is 5.56 Å². The van der Waals surface area contributed by atoms with E-state index in [2.05, 4.69) is 5.32 Å². The molecule has 6 heteroatoms. The first kappa shape index (κ1) is 17.1. The van der Waals surface area contributed by atoms with Crippen LogP contribution >= 0.6 is 0 Å².